The monoisotopic (exact) mass is 1520 g/mol. The summed E-state index contributed by atoms with van der Waals surface area (Å²) in [6.45, 7) is -0.870. The average Bonchev–Trinajstić information content (AvgIpc) is 0.794. The number of nitrogens with one attached hydrogen (secondary N) is 4. The van der Waals surface area contributed by atoms with Gasteiger partial charge in [-0.25, -0.2) is 14.2 Å². The number of hydrogen-bond donors (Lipinski definition) is 23. The summed E-state index contributed by atoms with van der Waals surface area (Å²) in [5.41, 5.74) is 10.7. The van der Waals surface area contributed by atoms with Crippen molar-refractivity contribution in [1.29, 1.82) is 0 Å². The van der Waals surface area contributed by atoms with Crippen molar-refractivity contribution in [1.82, 2.24) is 21.5 Å². The molecule has 0 saturated carbocycles. The number of aliphatic hydroxyl groups excluding tert-OH is 18. The number of hydrogen-bond acceptors (Lipinski definition) is 37. The van der Waals surface area contributed by atoms with E-state index in [0.717, 1.165) is 12.8 Å². The lowest BCUT2D eigenvalue weighted by atomic mass is 9.97. The number of aliphatic hydroxyl groups is 18. The topological polar surface area (TPSA) is 634 Å². The molecule has 0 radical (unpaired) electrons. The van der Waals surface area contributed by atoms with E-state index in [4.69, 9.17) is 62.6 Å². The summed E-state index contributed by atoms with van der Waals surface area (Å²) >= 11 is 0. The van der Waals surface area contributed by atoms with Crippen molar-refractivity contribution in [3.8, 4) is 0 Å². The summed E-state index contributed by atoms with van der Waals surface area (Å²) in [5.74, 6) is -1.08. The molecule has 0 unspecified atom stereocenters. The van der Waals surface area contributed by atoms with Crippen LogP contribution in [0.3, 0.4) is 0 Å². The number of Topliss-reactive ketones (excluding diaryl/α,β-unsaturated/α-hetero) is 2. The highest BCUT2D eigenvalue weighted by Gasteiger charge is 2.55. The number of carbonyl (C=O) groups excluding carboxylic acids is 5. The van der Waals surface area contributed by atoms with Crippen LogP contribution in [0.5, 0.6) is 0 Å². The van der Waals surface area contributed by atoms with Gasteiger partial charge < -0.3 is 165 Å². The molecule has 42 heteroatoms. The number of hydrazine groups is 1. The van der Waals surface area contributed by atoms with Crippen molar-refractivity contribution in [2.45, 2.75) is 288 Å². The predicted octanol–water partition coefficient (Wildman–Crippen LogP) is -10.7. The van der Waals surface area contributed by atoms with Gasteiger partial charge in [0.1, 0.15) is 146 Å². The molecule has 6 rings (SSSR count). The first-order valence-corrected chi connectivity index (χ1v) is 34.7. The second-order valence-electron chi connectivity index (χ2n) is 25.9. The number of rotatable bonds is 41. The van der Waals surface area contributed by atoms with Gasteiger partial charge in [-0.3, -0.25) is 29.4 Å². The van der Waals surface area contributed by atoms with E-state index in [1.165, 1.54) is 6.92 Å². The number of carbonyl (C=O) groups is 5. The Hall–Kier alpha value is -3.67. The molecule has 6 saturated heterocycles. The summed E-state index contributed by atoms with van der Waals surface area (Å²) < 4.78 is 97.1. The molecule has 0 aromatic rings. The van der Waals surface area contributed by atoms with Gasteiger partial charge in [-0.1, -0.05) is 6.42 Å². The minimum atomic E-state index is -2.33. The van der Waals surface area contributed by atoms with E-state index >= 15 is 8.78 Å². The lowest BCUT2D eigenvalue weighted by molar-refractivity contribution is -0.359. The van der Waals surface area contributed by atoms with Crippen LogP contribution < -0.4 is 27.2 Å². The van der Waals surface area contributed by atoms with Gasteiger partial charge in [0.2, 0.25) is 17.7 Å². The zero-order chi connectivity index (χ0) is 77.1. The SMILES string of the molecule is CC(=O)[C@H](CCCCN)NNC(=O)CCCCC(=O)NCCO[C@@H]1O[C@H](CO[C@H]2O[C@H](CO)[C@@H](O)[C@H](O)[C@@H]2O)[C@@H](O)[C@H](O[C@H]2O[C@H](CO)[C@@H](O)[C@H](O)[C@@H]2O)[C@H]1F.CCNC(=O)CCCCC(=O)CCCO[C@@H]1O[C@H](CO[C@H]2O[C@H](CO)[C@@H](O)[C@H](O)[C@@H]2O)[C@@H](O)[C@H](O[C@H]2O[C@H](CO)[C@@H](O)[C@H](O)[C@@H]2O)[C@H]1F. The average molecular weight is 1520 g/mol. The van der Waals surface area contributed by atoms with Gasteiger partial charge in [0.25, 0.3) is 0 Å². The van der Waals surface area contributed by atoms with E-state index in [2.05, 4.69) is 21.5 Å². The fourth-order valence-electron chi connectivity index (χ4n) is 11.7. The first kappa shape index (κ1) is 90.9. The van der Waals surface area contributed by atoms with E-state index in [9.17, 15) is 116 Å². The summed E-state index contributed by atoms with van der Waals surface area (Å²) in [4.78, 5) is 60.1. The van der Waals surface area contributed by atoms with E-state index in [1.807, 2.05) is 0 Å². The first-order chi connectivity index (χ1) is 49.5. The minimum absolute atomic E-state index is 0.0418. The van der Waals surface area contributed by atoms with Crippen molar-refractivity contribution in [3.63, 3.8) is 0 Å². The number of amides is 3. The third-order valence-electron chi connectivity index (χ3n) is 18.0. The second kappa shape index (κ2) is 46.1. The van der Waals surface area contributed by atoms with Crippen LogP contribution in [0.4, 0.5) is 8.78 Å². The van der Waals surface area contributed by atoms with E-state index in [-0.39, 0.29) is 75.2 Å². The third kappa shape index (κ3) is 26.5. The highest BCUT2D eigenvalue weighted by Crippen LogP contribution is 2.35. The molecule has 40 nitrogen and oxygen atoms in total. The van der Waals surface area contributed by atoms with E-state index in [1.54, 1.807) is 6.92 Å². The molecule has 0 aliphatic carbocycles. The van der Waals surface area contributed by atoms with Crippen molar-refractivity contribution in [2.75, 3.05) is 72.5 Å². The number of unbranched alkanes of at least 4 members (excludes halogenated alkanes) is 3. The van der Waals surface area contributed by atoms with Crippen LogP contribution in [0.2, 0.25) is 0 Å². The van der Waals surface area contributed by atoms with Crippen LogP contribution in [0, 0.1) is 0 Å². The Balaban J connectivity index is 0.000000378. The second-order valence-corrected chi connectivity index (χ2v) is 25.9. The van der Waals surface area contributed by atoms with Crippen molar-refractivity contribution >= 4 is 29.3 Å². The van der Waals surface area contributed by atoms with Gasteiger partial charge in [-0.2, -0.15) is 0 Å². The van der Waals surface area contributed by atoms with Crippen molar-refractivity contribution in [3.05, 3.63) is 0 Å². The zero-order valence-electron chi connectivity index (χ0n) is 57.7. The molecule has 0 bridgehead atoms. The Kier molecular flexibility index (Phi) is 40.3. The molecular weight excluding hydrogens is 1410 g/mol. The Bertz CT molecular complexity index is 2500. The fourth-order valence-corrected chi connectivity index (χ4v) is 11.7. The van der Waals surface area contributed by atoms with Gasteiger partial charge in [0.15, 0.2) is 50.1 Å². The molecular formula is C62H109F2N5O35. The highest BCUT2D eigenvalue weighted by molar-refractivity contribution is 5.82. The molecule has 24 N–H and O–H groups in total. The fraction of sp³-hybridized carbons (Fsp3) is 0.919. The Morgan fingerprint density at radius 1 is 0.413 bits per heavy atom. The van der Waals surface area contributed by atoms with Gasteiger partial charge in [-0.05, 0) is 65.3 Å². The lowest BCUT2D eigenvalue weighted by Crippen LogP contribution is -2.64. The van der Waals surface area contributed by atoms with Crippen LogP contribution in [0.1, 0.15) is 97.3 Å². The predicted molar refractivity (Wildman–Crippen MR) is 339 cm³/mol. The maximum Gasteiger partial charge on any atom is 0.234 e. The molecule has 606 valence electrons. The summed E-state index contributed by atoms with van der Waals surface area (Å²) in [5, 5.41) is 187. The van der Waals surface area contributed by atoms with Gasteiger partial charge in [0, 0.05) is 45.2 Å². The highest BCUT2D eigenvalue weighted by atomic mass is 19.1. The maximum absolute atomic E-state index is 15.9. The quantitative estimate of drug-likeness (QED) is 0.0200. The van der Waals surface area contributed by atoms with Crippen LogP contribution in [0.25, 0.3) is 0 Å². The Morgan fingerprint density at radius 2 is 0.779 bits per heavy atom. The Morgan fingerprint density at radius 3 is 1.18 bits per heavy atom. The summed E-state index contributed by atoms with van der Waals surface area (Å²) in [6.07, 6.45) is -48.3. The molecule has 6 fully saturated rings. The molecule has 31 atom stereocenters. The summed E-state index contributed by atoms with van der Waals surface area (Å²) in [6, 6.07) is -0.535. The van der Waals surface area contributed by atoms with Crippen molar-refractivity contribution < 1.29 is 182 Å². The molecule has 6 heterocycles. The summed E-state index contributed by atoms with van der Waals surface area (Å²) in [7, 11) is 0. The van der Waals surface area contributed by atoms with Crippen LogP contribution in [-0.2, 0) is 80.8 Å². The molecule has 3 amide bonds. The number of halogens is 2. The number of ketones is 2. The standard InChI is InChI=1S/C33H59FN4O18.C29H50FNO17/c1-15(41)16(6-4-5-9-35)37-38-21(43)8-3-2-7-20(42)36-10-11-51-31-22(34)30(56-33-29(50)27(48)24(45)18(13-40)54-33)25(46)19(55-31)14-52-32-28(49)26(47)23(44)17(12-39)53-32;1-2-31-17(35)8-4-3-6-13(34)7-5-9-43-27-18(30)26(48-29-25(42)23(40)20(37)15(11-33)46-29)21(38)16(47-27)12-44-28-24(41)22(39)19(36)14(10-32)45-28/h16-19,22-33,37,39-40,44-50H,2-14,35H2,1H3,(H,36,42)(H,38,43);14-16,18-29,32-33,36-42H,2-12H2,1H3,(H,31,35)/t16-,17+,18+,19+,22+,23+,24+,25+,26-,27-,28-,29-,30+,31+,32-,33+;14-,15-,16-,18-,19-,20-,21-,22+,23+,24+,25+,26-,27-,28+,29-/m01/s1. The first-order valence-electron chi connectivity index (χ1n) is 34.7. The van der Waals surface area contributed by atoms with Gasteiger partial charge in [-0.15, -0.1) is 0 Å². The van der Waals surface area contributed by atoms with Crippen LogP contribution in [-0.4, -0.2) is 384 Å². The molecule has 6 aliphatic heterocycles. The molecule has 0 aromatic carbocycles. The maximum atomic E-state index is 15.9. The zero-order valence-corrected chi connectivity index (χ0v) is 57.7. The number of alkyl halides is 2. The number of nitrogens with two attached hydrogens (primary N) is 1. The van der Waals surface area contributed by atoms with E-state index in [0.29, 0.717) is 51.6 Å². The van der Waals surface area contributed by atoms with Gasteiger partial charge >= 0.3 is 0 Å². The third-order valence-corrected chi connectivity index (χ3v) is 18.0. The largest absolute Gasteiger partial charge is 0.394 e. The van der Waals surface area contributed by atoms with Crippen molar-refractivity contribution in [2.24, 2.45) is 5.73 Å². The van der Waals surface area contributed by atoms with Crippen LogP contribution in [0.15, 0.2) is 0 Å². The molecule has 6 aliphatic rings. The van der Waals surface area contributed by atoms with Crippen LogP contribution >= 0.6 is 0 Å². The molecule has 0 aromatic heterocycles. The minimum Gasteiger partial charge on any atom is -0.394 e. The normalized spacial score (nSPS) is 38.5. The molecule has 104 heavy (non-hydrogen) atoms. The van der Waals surface area contributed by atoms with E-state index < -0.39 is 236 Å². The lowest BCUT2D eigenvalue weighted by Gasteiger charge is -2.46. The van der Waals surface area contributed by atoms with Gasteiger partial charge in [0.05, 0.1) is 58.9 Å². The molecule has 0 spiro atoms. The number of ether oxygens (including phenoxy) is 12. The Labute approximate surface area is 596 Å². The smallest absolute Gasteiger partial charge is 0.234 e.